The zero-order valence-electron chi connectivity index (χ0n) is 26.6. The number of carbonyl (C=O) groups is 4. The molecule has 248 valence electrons. The van der Waals surface area contributed by atoms with Crippen molar-refractivity contribution >= 4 is 51.9 Å². The molecule has 2 saturated heterocycles. The van der Waals surface area contributed by atoms with Crippen LogP contribution < -0.4 is 20.9 Å². The van der Waals surface area contributed by atoms with Crippen molar-refractivity contribution in [3.63, 3.8) is 0 Å². The molecule has 48 heavy (non-hydrogen) atoms. The van der Waals surface area contributed by atoms with Gasteiger partial charge in [0.15, 0.2) is 0 Å². The standard InChI is InChI=1S/C35H38N8O5/c1-22-9-10-28(32(45)38-22)43-33(46)24-5-4-7-26(31(24)34(43)47)36-14-19-48-20-15-37-30(44)21-23-11-16-41(17-12-23)29-13-18-42-27-8-3-2-6-25(27)39-35(42)40-29/h2-8,13,18,23,28,36H,1,9-12,14-17,19-21H2,(H,37,44)(H,38,45). The van der Waals surface area contributed by atoms with Crippen LogP contribution in [0.1, 0.15) is 52.8 Å². The van der Waals surface area contributed by atoms with Crippen molar-refractivity contribution in [1.29, 1.82) is 0 Å². The van der Waals surface area contributed by atoms with Gasteiger partial charge < -0.3 is 25.6 Å². The SMILES string of the molecule is C=C1CCC(N2C(=O)c3cccc(NCCOCCNC(=O)CC4CCN(c5ccn6c(n5)nc5ccccc56)CC4)c3C2=O)C(=O)N1. The number of allylic oxidation sites excluding steroid dienone is 1. The number of rotatable bonds is 11. The highest BCUT2D eigenvalue weighted by atomic mass is 16.5. The second-order valence-electron chi connectivity index (χ2n) is 12.4. The minimum atomic E-state index is -0.857. The maximum Gasteiger partial charge on any atom is 0.264 e. The second-order valence-corrected chi connectivity index (χ2v) is 12.4. The van der Waals surface area contributed by atoms with Gasteiger partial charge in [-0.15, -0.1) is 0 Å². The first kappa shape index (κ1) is 31.3. The molecule has 13 nitrogen and oxygen atoms in total. The Morgan fingerprint density at radius 1 is 0.958 bits per heavy atom. The smallest absolute Gasteiger partial charge is 0.264 e. The van der Waals surface area contributed by atoms with Crippen molar-refractivity contribution in [2.45, 2.75) is 38.1 Å². The van der Waals surface area contributed by atoms with Gasteiger partial charge in [-0.25, -0.2) is 4.98 Å². The van der Waals surface area contributed by atoms with Crippen LogP contribution in [0.15, 0.2) is 67.0 Å². The zero-order chi connectivity index (χ0) is 33.2. The quantitative estimate of drug-likeness (QED) is 0.164. The van der Waals surface area contributed by atoms with Gasteiger partial charge in [-0.05, 0) is 61.9 Å². The number of hydrogen-bond donors (Lipinski definition) is 3. The fraction of sp³-hybridized carbons (Fsp3) is 0.371. The van der Waals surface area contributed by atoms with Gasteiger partial charge in [-0.1, -0.05) is 24.8 Å². The molecule has 2 aromatic carbocycles. The van der Waals surface area contributed by atoms with E-state index in [0.29, 0.717) is 68.6 Å². The lowest BCUT2D eigenvalue weighted by Gasteiger charge is -2.32. The number of nitrogens with one attached hydrogen (secondary N) is 3. The van der Waals surface area contributed by atoms with Crippen molar-refractivity contribution in [2.75, 3.05) is 49.6 Å². The van der Waals surface area contributed by atoms with Crippen LogP contribution in [0.4, 0.5) is 11.5 Å². The summed E-state index contributed by atoms with van der Waals surface area (Å²) in [6.45, 7) is 6.93. The summed E-state index contributed by atoms with van der Waals surface area (Å²) < 4.78 is 7.70. The predicted octanol–water partition coefficient (Wildman–Crippen LogP) is 3.12. The summed E-state index contributed by atoms with van der Waals surface area (Å²) in [5.74, 6) is 0.576. The van der Waals surface area contributed by atoms with E-state index in [9.17, 15) is 19.2 Å². The topological polar surface area (TPSA) is 150 Å². The van der Waals surface area contributed by atoms with E-state index >= 15 is 0 Å². The van der Waals surface area contributed by atoms with E-state index in [2.05, 4.69) is 32.4 Å². The molecule has 5 heterocycles. The molecule has 7 rings (SSSR count). The van der Waals surface area contributed by atoms with E-state index in [4.69, 9.17) is 9.72 Å². The maximum atomic E-state index is 13.3. The van der Waals surface area contributed by atoms with Crippen molar-refractivity contribution in [2.24, 2.45) is 5.92 Å². The monoisotopic (exact) mass is 650 g/mol. The molecule has 2 aromatic heterocycles. The molecule has 4 aromatic rings. The molecule has 0 spiro atoms. The third-order valence-electron chi connectivity index (χ3n) is 9.29. The van der Waals surface area contributed by atoms with E-state index < -0.39 is 23.8 Å². The average molecular weight is 651 g/mol. The van der Waals surface area contributed by atoms with Crippen LogP contribution in [-0.4, -0.2) is 88.3 Å². The third kappa shape index (κ3) is 6.20. The minimum Gasteiger partial charge on any atom is -0.382 e. The molecule has 3 aliphatic heterocycles. The number of imidazole rings is 1. The molecule has 0 aliphatic carbocycles. The molecular formula is C35H38N8O5. The van der Waals surface area contributed by atoms with E-state index in [1.165, 1.54) is 0 Å². The highest BCUT2D eigenvalue weighted by Gasteiger charge is 2.45. The van der Waals surface area contributed by atoms with Crippen molar-refractivity contribution in [3.05, 3.63) is 78.1 Å². The number of imide groups is 1. The molecule has 3 aliphatic rings. The number of aromatic nitrogens is 3. The molecule has 3 N–H and O–H groups in total. The van der Waals surface area contributed by atoms with Crippen LogP contribution >= 0.6 is 0 Å². The largest absolute Gasteiger partial charge is 0.382 e. The first-order valence-electron chi connectivity index (χ1n) is 16.4. The normalized spacial score (nSPS) is 18.5. The van der Waals surface area contributed by atoms with Crippen LogP contribution in [0.2, 0.25) is 0 Å². The Balaban J connectivity index is 0.807. The van der Waals surface area contributed by atoms with E-state index in [1.807, 2.05) is 40.9 Å². The van der Waals surface area contributed by atoms with Gasteiger partial charge in [-0.2, -0.15) is 4.98 Å². The van der Waals surface area contributed by atoms with Crippen molar-refractivity contribution in [1.82, 2.24) is 29.9 Å². The number of fused-ring (bicyclic) bond motifs is 4. The summed E-state index contributed by atoms with van der Waals surface area (Å²) in [5, 5.41) is 8.78. The van der Waals surface area contributed by atoms with Crippen LogP contribution in [0.3, 0.4) is 0 Å². The number of hydrogen-bond acceptors (Lipinski definition) is 9. The zero-order valence-corrected chi connectivity index (χ0v) is 26.6. The molecule has 1 atom stereocenters. The molecule has 1 unspecified atom stereocenters. The molecule has 0 bridgehead atoms. The highest BCUT2D eigenvalue weighted by Crippen LogP contribution is 2.33. The fourth-order valence-corrected chi connectivity index (χ4v) is 6.78. The Hall–Kier alpha value is -5.30. The molecule has 0 saturated carbocycles. The number of anilines is 2. The Morgan fingerprint density at radius 3 is 2.60 bits per heavy atom. The van der Waals surface area contributed by atoms with Crippen molar-refractivity contribution in [3.8, 4) is 0 Å². The van der Waals surface area contributed by atoms with Gasteiger partial charge >= 0.3 is 0 Å². The van der Waals surface area contributed by atoms with Gasteiger partial charge in [0.05, 0.1) is 35.4 Å². The van der Waals surface area contributed by atoms with Gasteiger partial charge in [0.2, 0.25) is 17.6 Å². The Morgan fingerprint density at radius 2 is 1.77 bits per heavy atom. The second kappa shape index (κ2) is 13.4. The number of carbonyl (C=O) groups excluding carboxylic acids is 4. The fourth-order valence-electron chi connectivity index (χ4n) is 6.78. The maximum absolute atomic E-state index is 13.3. The molecule has 0 radical (unpaired) electrons. The summed E-state index contributed by atoms with van der Waals surface area (Å²) in [4.78, 5) is 64.2. The Labute approximate surface area is 277 Å². The Kier molecular flexibility index (Phi) is 8.76. The lowest BCUT2D eigenvalue weighted by atomic mass is 9.93. The van der Waals surface area contributed by atoms with Crippen molar-refractivity contribution < 1.29 is 23.9 Å². The Bertz CT molecular complexity index is 1910. The summed E-state index contributed by atoms with van der Waals surface area (Å²) in [6.07, 6.45) is 5.19. The van der Waals surface area contributed by atoms with Crippen LogP contribution in [0, 0.1) is 5.92 Å². The summed E-state index contributed by atoms with van der Waals surface area (Å²) in [7, 11) is 0. The lowest BCUT2D eigenvalue weighted by Crippen LogP contribution is -2.51. The minimum absolute atomic E-state index is 0.0161. The number of nitrogens with zero attached hydrogens (tertiary/aromatic N) is 5. The number of para-hydroxylation sites is 2. The third-order valence-corrected chi connectivity index (χ3v) is 9.29. The van der Waals surface area contributed by atoms with Crippen LogP contribution in [0.25, 0.3) is 16.8 Å². The number of amides is 4. The number of piperidine rings is 2. The number of ether oxygens (including phenoxy) is 1. The van der Waals surface area contributed by atoms with Crippen LogP contribution in [-0.2, 0) is 14.3 Å². The van der Waals surface area contributed by atoms with Gasteiger partial charge in [0, 0.05) is 50.2 Å². The highest BCUT2D eigenvalue weighted by molar-refractivity contribution is 6.25. The van der Waals surface area contributed by atoms with Gasteiger partial charge in [0.1, 0.15) is 11.9 Å². The number of benzene rings is 2. The summed E-state index contributed by atoms with van der Waals surface area (Å²) in [6, 6.07) is 14.2. The van der Waals surface area contributed by atoms with Crippen LogP contribution in [0.5, 0.6) is 0 Å². The first-order chi connectivity index (χ1) is 23.4. The molecule has 2 fully saturated rings. The summed E-state index contributed by atoms with van der Waals surface area (Å²) in [5.41, 5.74) is 3.60. The van der Waals surface area contributed by atoms with E-state index in [1.54, 1.807) is 18.2 Å². The molecular weight excluding hydrogens is 612 g/mol. The van der Waals surface area contributed by atoms with E-state index in [-0.39, 0.29) is 17.0 Å². The summed E-state index contributed by atoms with van der Waals surface area (Å²) >= 11 is 0. The predicted molar refractivity (Wildman–Crippen MR) is 180 cm³/mol. The first-order valence-corrected chi connectivity index (χ1v) is 16.4. The average Bonchev–Trinajstić information content (AvgIpc) is 3.58. The van der Waals surface area contributed by atoms with E-state index in [0.717, 1.165) is 47.7 Å². The molecule has 13 heteroatoms. The lowest BCUT2D eigenvalue weighted by molar-refractivity contribution is -0.125. The van der Waals surface area contributed by atoms with Gasteiger partial charge in [0.25, 0.3) is 11.8 Å². The molecule has 4 amide bonds. The van der Waals surface area contributed by atoms with Gasteiger partial charge in [-0.3, -0.25) is 28.5 Å².